The van der Waals surface area contributed by atoms with Gasteiger partial charge in [0, 0.05) is 45.6 Å². The van der Waals surface area contributed by atoms with E-state index in [0.29, 0.717) is 17.0 Å². The van der Waals surface area contributed by atoms with Gasteiger partial charge in [-0.2, -0.15) is 0 Å². The van der Waals surface area contributed by atoms with Crippen molar-refractivity contribution in [1.82, 2.24) is 29.6 Å². The summed E-state index contributed by atoms with van der Waals surface area (Å²) in [7, 11) is 2.81. The third-order valence-corrected chi connectivity index (χ3v) is 9.92. The number of likely N-dealkylation sites (tertiary alicyclic amines) is 1. The van der Waals surface area contributed by atoms with Crippen molar-refractivity contribution in [2.24, 2.45) is 0 Å². The van der Waals surface area contributed by atoms with Gasteiger partial charge < -0.3 is 33.9 Å². The Morgan fingerprint density at radius 1 is 1.03 bits per heavy atom. The zero-order chi connectivity index (χ0) is 44.3. The SMILES string of the molecule is C=C(/C=C\C(F)=C/C)CCN(C[C@@H]1C[C@H](Oc2ccc(F)cc2)CN1C(=O)[C@@H](NC(=O)[C@H](C)N(C)C(=O)OC(C)(C)C)[C@@H](C)OC)C(=O)c1cn(-c2ccc(F)cc2)cn1. The van der Waals surface area contributed by atoms with Gasteiger partial charge in [0.2, 0.25) is 11.8 Å². The van der Waals surface area contributed by atoms with E-state index in [1.165, 1.54) is 98.0 Å². The Morgan fingerprint density at radius 2 is 1.67 bits per heavy atom. The van der Waals surface area contributed by atoms with Crippen LogP contribution in [0.5, 0.6) is 5.75 Å². The van der Waals surface area contributed by atoms with Crippen molar-refractivity contribution in [1.29, 1.82) is 0 Å². The van der Waals surface area contributed by atoms with Crippen LogP contribution in [0, 0.1) is 11.6 Å². The standard InChI is InChI=1S/C44H55F3N6O7/c1-10-31(45)12-11-28(2)21-22-51(41(55)38-26-52(27-48-38)34-17-13-32(46)14-18-34)24-35-23-37(59-36-19-15-33(47)16-20-36)25-53(35)42(56)39(30(4)58-9)49-40(54)29(3)50(8)43(57)60-44(5,6)7/h10-20,26-27,29-30,35,37,39H,2,21-25H2,1,3-9H3,(H,49,54)/b12-11-,31-10+/t29-,30+,35-,37-,39-/m0/s1. The van der Waals surface area contributed by atoms with Crippen LogP contribution >= 0.6 is 0 Å². The first-order valence-electron chi connectivity index (χ1n) is 19.6. The van der Waals surface area contributed by atoms with E-state index in [2.05, 4.69) is 16.9 Å². The number of likely N-dealkylation sites (N-methyl/N-ethyl adjacent to an activating group) is 1. The minimum absolute atomic E-state index is 0.0242. The van der Waals surface area contributed by atoms with Crippen LogP contribution in [-0.2, 0) is 19.1 Å². The molecular formula is C44H55F3N6O7. The summed E-state index contributed by atoms with van der Waals surface area (Å²) in [6, 6.07) is 8.11. The van der Waals surface area contributed by atoms with Crippen LogP contribution in [0.4, 0.5) is 18.0 Å². The molecule has 1 N–H and O–H groups in total. The normalized spacial score (nSPS) is 17.2. The van der Waals surface area contributed by atoms with Crippen molar-refractivity contribution in [3.63, 3.8) is 0 Å². The molecule has 324 valence electrons. The lowest BCUT2D eigenvalue weighted by molar-refractivity contribution is -0.142. The number of halogens is 3. The fourth-order valence-corrected chi connectivity index (χ4v) is 6.28. The number of methoxy groups -OCH3 is 1. The summed E-state index contributed by atoms with van der Waals surface area (Å²) in [5.41, 5.74) is 0.352. The number of carbonyl (C=O) groups excluding carboxylic acids is 4. The number of aromatic nitrogens is 2. The summed E-state index contributed by atoms with van der Waals surface area (Å²) in [5.74, 6) is -2.65. The van der Waals surface area contributed by atoms with Crippen LogP contribution < -0.4 is 10.1 Å². The van der Waals surface area contributed by atoms with Crippen molar-refractivity contribution >= 4 is 23.8 Å². The van der Waals surface area contributed by atoms with Crippen molar-refractivity contribution in [3.05, 3.63) is 115 Å². The average molecular weight is 837 g/mol. The van der Waals surface area contributed by atoms with Gasteiger partial charge in [-0.25, -0.2) is 22.9 Å². The molecule has 1 saturated heterocycles. The maximum Gasteiger partial charge on any atom is 0.410 e. The molecule has 4 amide bonds. The number of hydrogen-bond acceptors (Lipinski definition) is 8. The molecule has 0 aliphatic carbocycles. The number of rotatable bonds is 17. The Bertz CT molecular complexity index is 2030. The first-order chi connectivity index (χ1) is 28.3. The van der Waals surface area contributed by atoms with E-state index in [1.807, 2.05) is 0 Å². The first-order valence-corrected chi connectivity index (χ1v) is 19.6. The smallest absolute Gasteiger partial charge is 0.410 e. The van der Waals surface area contributed by atoms with Crippen LogP contribution in [0.3, 0.4) is 0 Å². The topological polar surface area (TPSA) is 136 Å². The minimum Gasteiger partial charge on any atom is -0.489 e. The highest BCUT2D eigenvalue weighted by atomic mass is 19.1. The largest absolute Gasteiger partial charge is 0.489 e. The van der Waals surface area contributed by atoms with Gasteiger partial charge in [0.15, 0.2) is 0 Å². The number of benzene rings is 2. The molecule has 0 radical (unpaired) electrons. The summed E-state index contributed by atoms with van der Waals surface area (Å²) in [6.45, 7) is 13.9. The van der Waals surface area contributed by atoms with Crippen LogP contribution in [0.15, 0.2) is 97.3 Å². The van der Waals surface area contributed by atoms with E-state index in [4.69, 9.17) is 14.2 Å². The highest BCUT2D eigenvalue weighted by Crippen LogP contribution is 2.27. The van der Waals surface area contributed by atoms with Gasteiger partial charge in [-0.1, -0.05) is 24.3 Å². The summed E-state index contributed by atoms with van der Waals surface area (Å²) in [5, 5.41) is 2.77. The number of allylic oxidation sites excluding steroid dienone is 4. The van der Waals surface area contributed by atoms with Crippen molar-refractivity contribution in [2.75, 3.05) is 33.8 Å². The molecule has 3 aromatic rings. The monoisotopic (exact) mass is 836 g/mol. The Morgan fingerprint density at radius 3 is 2.27 bits per heavy atom. The second kappa shape index (κ2) is 20.9. The quantitative estimate of drug-likeness (QED) is 0.147. The minimum atomic E-state index is -1.24. The molecule has 16 heteroatoms. The van der Waals surface area contributed by atoms with Crippen LogP contribution in [0.25, 0.3) is 5.69 Å². The number of amides is 4. The third kappa shape index (κ3) is 13.1. The molecule has 0 spiro atoms. The van der Waals surface area contributed by atoms with Crippen LogP contribution in [0.1, 0.15) is 64.9 Å². The Kier molecular flexibility index (Phi) is 16.3. The summed E-state index contributed by atoms with van der Waals surface area (Å²) >= 11 is 0. The molecule has 1 aliphatic heterocycles. The summed E-state index contributed by atoms with van der Waals surface area (Å²) in [4.78, 5) is 64.0. The van der Waals surface area contributed by atoms with Gasteiger partial charge in [0.1, 0.15) is 59.0 Å². The lowest BCUT2D eigenvalue weighted by atomic mass is 10.1. The van der Waals surface area contributed by atoms with E-state index in [-0.39, 0.29) is 38.2 Å². The second-order valence-corrected chi connectivity index (χ2v) is 15.6. The molecule has 2 aromatic carbocycles. The highest BCUT2D eigenvalue weighted by Gasteiger charge is 2.43. The fourth-order valence-electron chi connectivity index (χ4n) is 6.28. The van der Waals surface area contributed by atoms with E-state index < -0.39 is 77.2 Å². The number of ether oxygens (including phenoxy) is 3. The van der Waals surface area contributed by atoms with Gasteiger partial charge in [-0.3, -0.25) is 19.3 Å². The van der Waals surface area contributed by atoms with Gasteiger partial charge in [-0.15, -0.1) is 0 Å². The van der Waals surface area contributed by atoms with Gasteiger partial charge in [0.05, 0.1) is 18.7 Å². The molecule has 2 heterocycles. The summed E-state index contributed by atoms with van der Waals surface area (Å²) in [6.07, 6.45) is 5.28. The maximum atomic E-state index is 14.7. The van der Waals surface area contributed by atoms with Gasteiger partial charge >= 0.3 is 6.09 Å². The second-order valence-electron chi connectivity index (χ2n) is 15.6. The van der Waals surface area contributed by atoms with E-state index in [1.54, 1.807) is 51.3 Å². The summed E-state index contributed by atoms with van der Waals surface area (Å²) < 4.78 is 60.2. The lowest BCUT2D eigenvalue weighted by Gasteiger charge is -2.35. The van der Waals surface area contributed by atoms with Crippen molar-refractivity contribution in [3.8, 4) is 11.4 Å². The number of nitrogens with one attached hydrogen (secondary N) is 1. The molecule has 4 rings (SSSR count). The van der Waals surface area contributed by atoms with E-state index in [0.717, 1.165) is 4.90 Å². The molecule has 13 nitrogen and oxygen atoms in total. The third-order valence-electron chi connectivity index (χ3n) is 9.92. The Labute approximate surface area is 349 Å². The van der Waals surface area contributed by atoms with Crippen LogP contribution in [-0.4, -0.2) is 118 Å². The average Bonchev–Trinajstić information content (AvgIpc) is 3.87. The molecule has 1 fully saturated rings. The molecule has 1 aliphatic rings. The number of imidazole rings is 1. The highest BCUT2D eigenvalue weighted by molar-refractivity contribution is 5.93. The molecular weight excluding hydrogens is 782 g/mol. The van der Waals surface area contributed by atoms with Crippen molar-refractivity contribution < 1.29 is 46.6 Å². The zero-order valence-electron chi connectivity index (χ0n) is 35.4. The van der Waals surface area contributed by atoms with Crippen LogP contribution in [0.2, 0.25) is 0 Å². The predicted molar refractivity (Wildman–Crippen MR) is 220 cm³/mol. The van der Waals surface area contributed by atoms with Gasteiger partial charge in [0.25, 0.3) is 5.91 Å². The molecule has 0 bridgehead atoms. The molecule has 5 atom stereocenters. The van der Waals surface area contributed by atoms with E-state index in [9.17, 15) is 32.3 Å². The number of nitrogens with zero attached hydrogens (tertiary/aromatic N) is 5. The lowest BCUT2D eigenvalue weighted by Crippen LogP contribution is -2.59. The fraction of sp³-hybridized carbons (Fsp3) is 0.432. The van der Waals surface area contributed by atoms with E-state index >= 15 is 0 Å². The molecule has 0 unspecified atom stereocenters. The first kappa shape index (κ1) is 46.8. The Balaban J connectivity index is 1.67. The molecule has 1 aromatic heterocycles. The Hall–Kier alpha value is -5.90. The van der Waals surface area contributed by atoms with Gasteiger partial charge in [-0.05, 0) is 103 Å². The predicted octanol–water partition coefficient (Wildman–Crippen LogP) is 6.79. The number of carbonyl (C=O) groups is 4. The zero-order valence-corrected chi connectivity index (χ0v) is 35.4. The van der Waals surface area contributed by atoms with Crippen molar-refractivity contribution in [2.45, 2.75) is 90.3 Å². The molecule has 0 saturated carbocycles. The molecule has 60 heavy (non-hydrogen) atoms. The number of hydrogen-bond donors (Lipinski definition) is 1. The maximum absolute atomic E-state index is 14.7.